The van der Waals surface area contributed by atoms with Gasteiger partial charge in [-0.15, -0.1) is 11.3 Å². The highest BCUT2D eigenvalue weighted by molar-refractivity contribution is 7.11. The lowest BCUT2D eigenvalue weighted by molar-refractivity contribution is -0.164. The molecule has 0 unspecified atom stereocenters. The van der Waals surface area contributed by atoms with Gasteiger partial charge in [-0.1, -0.05) is 24.3 Å². The van der Waals surface area contributed by atoms with E-state index in [1.54, 1.807) is 40.6 Å². The van der Waals surface area contributed by atoms with Crippen molar-refractivity contribution >= 4 is 28.4 Å². The molecule has 1 aromatic carbocycles. The highest BCUT2D eigenvalue weighted by Gasteiger charge is 2.41. The molecule has 0 amide bonds. The van der Waals surface area contributed by atoms with Gasteiger partial charge in [0, 0.05) is 23.3 Å². The quantitative estimate of drug-likeness (QED) is 0.740. The van der Waals surface area contributed by atoms with Crippen molar-refractivity contribution < 1.29 is 18.0 Å². The number of anilines is 1. The van der Waals surface area contributed by atoms with Crippen molar-refractivity contribution in [2.75, 3.05) is 11.4 Å². The second-order valence-electron chi connectivity index (χ2n) is 4.47. The fraction of sp³-hybridized carbons (Fsp3) is 0.188. The number of hydrogen-bond donors (Lipinski definition) is 0. The van der Waals surface area contributed by atoms with Crippen molar-refractivity contribution in [3.05, 3.63) is 58.9 Å². The molecule has 0 spiro atoms. The third-order valence-corrected chi connectivity index (χ3v) is 3.91. The molecule has 6 heteroatoms. The highest BCUT2D eigenvalue weighted by Crippen LogP contribution is 2.30. The minimum absolute atomic E-state index is 0.303. The van der Waals surface area contributed by atoms with Crippen molar-refractivity contribution in [3.8, 4) is 0 Å². The Kier molecular flexibility index (Phi) is 5.03. The van der Waals surface area contributed by atoms with Gasteiger partial charge >= 0.3 is 6.18 Å². The van der Waals surface area contributed by atoms with Crippen LogP contribution in [0.25, 0.3) is 5.57 Å². The molecule has 1 aromatic heterocycles. The summed E-state index contributed by atoms with van der Waals surface area (Å²) in [5.41, 5.74) is 0.391. The van der Waals surface area contributed by atoms with Crippen LogP contribution in [0.5, 0.6) is 0 Å². The van der Waals surface area contributed by atoms with Crippen molar-refractivity contribution in [2.24, 2.45) is 0 Å². The Balaban J connectivity index is 2.46. The van der Waals surface area contributed by atoms with E-state index in [9.17, 15) is 18.0 Å². The molecule has 0 aliphatic rings. The number of ketones is 1. The standard InChI is InChI=1S/C16H14F3NOS/c1-2-20(12-7-4-3-5-8-12)11-13(14-9-6-10-22-14)15(21)16(17,18)19/h3-11H,2H2,1H3/b13-11-. The number of halogens is 3. The van der Waals surface area contributed by atoms with Crippen molar-refractivity contribution in [1.82, 2.24) is 0 Å². The molecule has 2 aromatic rings. The number of thiophene rings is 1. The summed E-state index contributed by atoms with van der Waals surface area (Å²) in [7, 11) is 0. The normalized spacial score (nSPS) is 12.3. The molecule has 0 bridgehead atoms. The third-order valence-electron chi connectivity index (χ3n) is 3.00. The fourth-order valence-electron chi connectivity index (χ4n) is 1.94. The highest BCUT2D eigenvalue weighted by atomic mass is 32.1. The van der Waals surface area contributed by atoms with Gasteiger partial charge in [0.2, 0.25) is 0 Å². The van der Waals surface area contributed by atoms with E-state index >= 15 is 0 Å². The monoisotopic (exact) mass is 325 g/mol. The number of carbonyl (C=O) groups excluding carboxylic acids is 1. The summed E-state index contributed by atoms with van der Waals surface area (Å²) in [4.78, 5) is 13.7. The minimum Gasteiger partial charge on any atom is -0.347 e. The van der Waals surface area contributed by atoms with Crippen molar-refractivity contribution in [2.45, 2.75) is 13.1 Å². The summed E-state index contributed by atoms with van der Waals surface area (Å²) in [5, 5.41) is 1.64. The third kappa shape index (κ3) is 3.76. The first-order valence-electron chi connectivity index (χ1n) is 6.62. The molecular formula is C16H14F3NOS. The van der Waals surface area contributed by atoms with E-state index in [0.717, 1.165) is 17.0 Å². The molecule has 0 fully saturated rings. The van der Waals surface area contributed by atoms with Crippen LogP contribution < -0.4 is 4.90 Å². The molecule has 2 rings (SSSR count). The smallest absolute Gasteiger partial charge is 0.347 e. The fourth-order valence-corrected chi connectivity index (χ4v) is 2.68. The largest absolute Gasteiger partial charge is 0.454 e. The van der Waals surface area contributed by atoms with Crippen LogP contribution in [-0.2, 0) is 4.79 Å². The van der Waals surface area contributed by atoms with Gasteiger partial charge in [-0.3, -0.25) is 4.79 Å². The molecule has 1 heterocycles. The molecule has 0 radical (unpaired) electrons. The number of rotatable bonds is 5. The number of benzene rings is 1. The van der Waals surface area contributed by atoms with E-state index in [4.69, 9.17) is 0 Å². The zero-order chi connectivity index (χ0) is 16.2. The Morgan fingerprint density at radius 2 is 1.86 bits per heavy atom. The number of alkyl halides is 3. The molecule has 0 saturated heterocycles. The molecule has 0 aliphatic carbocycles. The van der Waals surface area contributed by atoms with Crippen LogP contribution in [0.1, 0.15) is 11.8 Å². The van der Waals surface area contributed by atoms with Gasteiger partial charge in [0.1, 0.15) is 0 Å². The van der Waals surface area contributed by atoms with Gasteiger partial charge in [0.25, 0.3) is 5.78 Å². The maximum Gasteiger partial charge on any atom is 0.454 e. The molecule has 116 valence electrons. The van der Waals surface area contributed by atoms with Gasteiger partial charge in [-0.05, 0) is 30.5 Å². The van der Waals surface area contributed by atoms with Gasteiger partial charge in [0.05, 0.1) is 5.57 Å². The first-order valence-corrected chi connectivity index (χ1v) is 7.50. The Bertz CT molecular complexity index is 648. The number of para-hydroxylation sites is 1. The topological polar surface area (TPSA) is 20.3 Å². The molecule has 22 heavy (non-hydrogen) atoms. The van der Waals surface area contributed by atoms with Crippen LogP contribution in [0.2, 0.25) is 0 Å². The lowest BCUT2D eigenvalue weighted by atomic mass is 10.1. The second-order valence-corrected chi connectivity index (χ2v) is 5.42. The Hall–Kier alpha value is -2.08. The summed E-state index contributed by atoms with van der Waals surface area (Å²) >= 11 is 1.11. The predicted octanol–water partition coefficient (Wildman–Crippen LogP) is 4.75. The lowest BCUT2D eigenvalue weighted by Gasteiger charge is -2.20. The van der Waals surface area contributed by atoms with Gasteiger partial charge < -0.3 is 4.90 Å². The molecular weight excluding hydrogens is 311 g/mol. The maximum absolute atomic E-state index is 12.8. The average molecular weight is 325 g/mol. The van der Waals surface area contributed by atoms with E-state index in [0.29, 0.717) is 11.4 Å². The molecule has 0 N–H and O–H groups in total. The second kappa shape index (κ2) is 6.79. The first-order chi connectivity index (χ1) is 10.4. The average Bonchev–Trinajstić information content (AvgIpc) is 3.02. The molecule has 2 nitrogen and oxygen atoms in total. The Morgan fingerprint density at radius 1 is 1.18 bits per heavy atom. The zero-order valence-electron chi connectivity index (χ0n) is 11.8. The van der Waals surface area contributed by atoms with E-state index < -0.39 is 12.0 Å². The van der Waals surface area contributed by atoms with Crippen LogP contribution in [0.3, 0.4) is 0 Å². The van der Waals surface area contributed by atoms with Gasteiger partial charge in [0.15, 0.2) is 0 Å². The van der Waals surface area contributed by atoms with Crippen molar-refractivity contribution in [3.63, 3.8) is 0 Å². The summed E-state index contributed by atoms with van der Waals surface area (Å²) in [6, 6.07) is 12.1. The van der Waals surface area contributed by atoms with Crippen molar-refractivity contribution in [1.29, 1.82) is 0 Å². The Morgan fingerprint density at radius 3 is 2.36 bits per heavy atom. The molecule has 0 saturated carbocycles. The minimum atomic E-state index is -4.90. The summed E-state index contributed by atoms with van der Waals surface area (Å²) in [6.45, 7) is 2.26. The molecule has 0 atom stereocenters. The number of allylic oxidation sites excluding steroid dienone is 1. The summed E-state index contributed by atoms with van der Waals surface area (Å²) in [5.74, 6) is -1.83. The van der Waals surface area contributed by atoms with E-state index in [1.807, 2.05) is 13.0 Å². The number of Topliss-reactive ketones (excluding diaryl/α,β-unsaturated/α-hetero) is 1. The summed E-state index contributed by atoms with van der Waals surface area (Å²) < 4.78 is 38.5. The zero-order valence-corrected chi connectivity index (χ0v) is 12.6. The van der Waals surface area contributed by atoms with Crippen LogP contribution in [-0.4, -0.2) is 18.5 Å². The van der Waals surface area contributed by atoms with Gasteiger partial charge in [-0.25, -0.2) is 0 Å². The number of nitrogens with zero attached hydrogens (tertiary/aromatic N) is 1. The number of carbonyl (C=O) groups is 1. The maximum atomic E-state index is 12.8. The number of hydrogen-bond acceptors (Lipinski definition) is 3. The molecule has 0 aliphatic heterocycles. The summed E-state index contributed by atoms with van der Waals surface area (Å²) in [6.07, 6.45) is -3.62. The van der Waals surface area contributed by atoms with Crippen LogP contribution in [0.4, 0.5) is 18.9 Å². The predicted molar refractivity (Wildman–Crippen MR) is 82.8 cm³/mol. The lowest BCUT2D eigenvalue weighted by Crippen LogP contribution is -2.26. The van der Waals surface area contributed by atoms with E-state index in [1.165, 1.54) is 12.3 Å². The van der Waals surface area contributed by atoms with Gasteiger partial charge in [-0.2, -0.15) is 13.2 Å². The Labute approximate surface area is 130 Å². The van der Waals surface area contributed by atoms with Crippen LogP contribution in [0, 0.1) is 0 Å². The van der Waals surface area contributed by atoms with E-state index in [-0.39, 0.29) is 5.57 Å². The van der Waals surface area contributed by atoms with E-state index in [2.05, 4.69) is 0 Å². The first kappa shape index (κ1) is 16.3. The SMILES string of the molecule is CCN(/C=C(\C(=O)C(F)(F)F)c1cccs1)c1ccccc1. The van der Waals surface area contributed by atoms with Crippen LogP contribution in [0.15, 0.2) is 54.0 Å². The van der Waals surface area contributed by atoms with Crippen LogP contribution >= 0.6 is 11.3 Å².